The molecule has 10 rings (SSSR count). The van der Waals surface area contributed by atoms with Crippen LogP contribution in [-0.2, 0) is 0 Å². The molecule has 0 N–H and O–H groups in total. The molecule has 10 aromatic rings. The van der Waals surface area contributed by atoms with E-state index >= 15 is 0 Å². The third-order valence-corrected chi connectivity index (χ3v) is 10.5. The van der Waals surface area contributed by atoms with E-state index in [0.717, 1.165) is 49.8 Å². The van der Waals surface area contributed by atoms with Crippen LogP contribution in [0.2, 0.25) is 0 Å². The van der Waals surface area contributed by atoms with Crippen LogP contribution in [0.1, 0.15) is 0 Å². The van der Waals surface area contributed by atoms with Gasteiger partial charge in [-0.1, -0.05) is 127 Å². The van der Waals surface area contributed by atoms with E-state index in [1.807, 2.05) is 65.9 Å². The Morgan fingerprint density at radius 1 is 0.360 bits per heavy atom. The minimum absolute atomic E-state index is 0.600. The maximum atomic E-state index is 6.20. The molecule has 234 valence electrons. The Morgan fingerprint density at radius 3 is 1.78 bits per heavy atom. The molecule has 7 aromatic carbocycles. The van der Waals surface area contributed by atoms with Crippen LogP contribution in [0.4, 0.5) is 0 Å². The second-order valence-corrected chi connectivity index (χ2v) is 13.5. The molecule has 0 saturated heterocycles. The van der Waals surface area contributed by atoms with E-state index in [-0.39, 0.29) is 0 Å². The number of fused-ring (bicyclic) bond motifs is 6. The van der Waals surface area contributed by atoms with E-state index in [1.165, 1.54) is 31.3 Å². The Morgan fingerprint density at radius 2 is 0.940 bits per heavy atom. The summed E-state index contributed by atoms with van der Waals surface area (Å²) in [6, 6.07) is 57.0. The van der Waals surface area contributed by atoms with Gasteiger partial charge in [-0.25, -0.2) is 15.0 Å². The Bertz CT molecular complexity index is 2870. The normalized spacial score (nSPS) is 11.6. The SMILES string of the molecule is c1ccc(-c2nc(-c3ccc(-c4cccc(-c5cccc6sc7ccccc7c56)c4)cc3)nc(-c3ccc4c(c3)oc3ccccc34)n2)cc1. The number of furan rings is 1. The molecular formula is C45H27N3OS. The van der Waals surface area contributed by atoms with Crippen molar-refractivity contribution in [2.24, 2.45) is 0 Å². The first-order valence-corrected chi connectivity index (χ1v) is 17.4. The van der Waals surface area contributed by atoms with Gasteiger partial charge < -0.3 is 4.42 Å². The van der Waals surface area contributed by atoms with Crippen LogP contribution in [0.15, 0.2) is 168 Å². The number of nitrogens with zero attached hydrogens (tertiary/aromatic N) is 3. The van der Waals surface area contributed by atoms with Crippen LogP contribution in [0, 0.1) is 0 Å². The van der Waals surface area contributed by atoms with Crippen LogP contribution in [0.3, 0.4) is 0 Å². The van der Waals surface area contributed by atoms with Crippen molar-refractivity contribution in [2.45, 2.75) is 0 Å². The first kappa shape index (κ1) is 28.6. The van der Waals surface area contributed by atoms with Gasteiger partial charge in [-0.05, 0) is 58.7 Å². The Hall–Kier alpha value is -6.43. The standard InChI is InChI=1S/C45H27N3OS/c1-2-10-29(11-3-1)43-46-44(48-45(47-43)33-24-25-36-35-14-4-6-17-38(35)49-39(36)27-33)30-22-20-28(21-23-30)31-12-8-13-32(26-31)34-16-9-19-41-42(34)37-15-5-7-18-40(37)50-41/h1-27H. The van der Waals surface area contributed by atoms with E-state index in [9.17, 15) is 0 Å². The third kappa shape index (κ3) is 4.87. The van der Waals surface area contributed by atoms with Crippen molar-refractivity contribution in [3.63, 3.8) is 0 Å². The van der Waals surface area contributed by atoms with Gasteiger partial charge in [-0.15, -0.1) is 11.3 Å². The molecular weight excluding hydrogens is 631 g/mol. The van der Waals surface area contributed by atoms with E-state index < -0.39 is 0 Å². The molecule has 0 fully saturated rings. The van der Waals surface area contributed by atoms with Crippen molar-refractivity contribution in [1.29, 1.82) is 0 Å². The van der Waals surface area contributed by atoms with Gasteiger partial charge in [0.15, 0.2) is 17.5 Å². The van der Waals surface area contributed by atoms with Gasteiger partial charge in [0.1, 0.15) is 11.2 Å². The number of benzene rings is 7. The molecule has 0 amide bonds. The molecule has 0 radical (unpaired) electrons. The number of hydrogen-bond donors (Lipinski definition) is 0. The quantitative estimate of drug-likeness (QED) is 0.185. The van der Waals surface area contributed by atoms with Crippen LogP contribution >= 0.6 is 11.3 Å². The number of para-hydroxylation sites is 1. The highest BCUT2D eigenvalue weighted by Crippen LogP contribution is 2.41. The van der Waals surface area contributed by atoms with Crippen LogP contribution in [0.5, 0.6) is 0 Å². The minimum atomic E-state index is 0.600. The monoisotopic (exact) mass is 657 g/mol. The Kier molecular flexibility index (Phi) is 6.64. The fraction of sp³-hybridized carbons (Fsp3) is 0. The summed E-state index contributed by atoms with van der Waals surface area (Å²) in [6.07, 6.45) is 0. The first-order valence-electron chi connectivity index (χ1n) is 16.6. The second-order valence-electron chi connectivity index (χ2n) is 12.4. The van der Waals surface area contributed by atoms with Crippen molar-refractivity contribution in [1.82, 2.24) is 15.0 Å². The van der Waals surface area contributed by atoms with Crippen LogP contribution in [-0.4, -0.2) is 15.0 Å². The van der Waals surface area contributed by atoms with Gasteiger partial charge in [0.2, 0.25) is 0 Å². The van der Waals surface area contributed by atoms with E-state index in [2.05, 4.69) is 109 Å². The number of hydrogen-bond acceptors (Lipinski definition) is 5. The summed E-state index contributed by atoms with van der Waals surface area (Å²) < 4.78 is 8.82. The number of aromatic nitrogens is 3. The average Bonchev–Trinajstić information content (AvgIpc) is 3.76. The third-order valence-electron chi connectivity index (χ3n) is 9.36. The van der Waals surface area contributed by atoms with Crippen molar-refractivity contribution in [2.75, 3.05) is 0 Å². The maximum absolute atomic E-state index is 6.20. The molecule has 50 heavy (non-hydrogen) atoms. The molecule has 0 atom stereocenters. The molecule has 0 aliphatic heterocycles. The minimum Gasteiger partial charge on any atom is -0.456 e. The summed E-state index contributed by atoms with van der Waals surface area (Å²) in [7, 11) is 0. The van der Waals surface area contributed by atoms with Crippen molar-refractivity contribution >= 4 is 53.4 Å². The van der Waals surface area contributed by atoms with E-state index in [4.69, 9.17) is 19.4 Å². The summed E-state index contributed by atoms with van der Waals surface area (Å²) >= 11 is 1.85. The van der Waals surface area contributed by atoms with Crippen LogP contribution < -0.4 is 0 Å². The molecule has 3 heterocycles. The summed E-state index contributed by atoms with van der Waals surface area (Å²) in [5.41, 5.74) is 9.15. The fourth-order valence-electron chi connectivity index (χ4n) is 6.91. The fourth-order valence-corrected chi connectivity index (χ4v) is 8.04. The summed E-state index contributed by atoms with van der Waals surface area (Å²) in [6.45, 7) is 0. The Balaban J connectivity index is 1.04. The molecule has 4 nitrogen and oxygen atoms in total. The number of thiophene rings is 1. The second kappa shape index (κ2) is 11.6. The zero-order valence-corrected chi connectivity index (χ0v) is 27.6. The zero-order chi connectivity index (χ0) is 33.0. The van der Waals surface area contributed by atoms with Gasteiger partial charge >= 0.3 is 0 Å². The van der Waals surface area contributed by atoms with Gasteiger partial charge in [-0.2, -0.15) is 0 Å². The highest BCUT2D eigenvalue weighted by molar-refractivity contribution is 7.25. The summed E-state index contributed by atoms with van der Waals surface area (Å²) in [5, 5.41) is 4.79. The molecule has 0 spiro atoms. The Labute approximate surface area is 292 Å². The first-order chi connectivity index (χ1) is 24.7. The van der Waals surface area contributed by atoms with Gasteiger partial charge in [0.05, 0.1) is 0 Å². The topological polar surface area (TPSA) is 51.8 Å². The summed E-state index contributed by atoms with van der Waals surface area (Å²) in [4.78, 5) is 14.9. The van der Waals surface area contributed by atoms with Crippen LogP contribution in [0.25, 0.3) is 98.5 Å². The molecule has 0 saturated carbocycles. The molecule has 3 aromatic heterocycles. The smallest absolute Gasteiger partial charge is 0.164 e. The molecule has 5 heteroatoms. The number of rotatable bonds is 5. The van der Waals surface area contributed by atoms with Crippen molar-refractivity contribution in [3.05, 3.63) is 164 Å². The summed E-state index contributed by atoms with van der Waals surface area (Å²) in [5.74, 6) is 1.85. The van der Waals surface area contributed by atoms with Crippen molar-refractivity contribution < 1.29 is 4.42 Å². The predicted octanol–water partition coefficient (Wildman–Crippen LogP) is 12.5. The largest absolute Gasteiger partial charge is 0.456 e. The lowest BCUT2D eigenvalue weighted by Gasteiger charge is -2.10. The van der Waals surface area contributed by atoms with E-state index in [0.29, 0.717) is 17.5 Å². The van der Waals surface area contributed by atoms with Crippen molar-refractivity contribution in [3.8, 4) is 56.4 Å². The highest BCUT2D eigenvalue weighted by Gasteiger charge is 2.16. The predicted molar refractivity (Wildman–Crippen MR) is 207 cm³/mol. The van der Waals surface area contributed by atoms with Gasteiger partial charge in [0, 0.05) is 47.6 Å². The van der Waals surface area contributed by atoms with Gasteiger partial charge in [-0.3, -0.25) is 0 Å². The molecule has 0 unspecified atom stereocenters. The molecule has 0 aliphatic rings. The average molecular weight is 658 g/mol. The lowest BCUT2D eigenvalue weighted by atomic mass is 9.95. The lowest BCUT2D eigenvalue weighted by molar-refractivity contribution is 0.669. The highest BCUT2D eigenvalue weighted by atomic mass is 32.1. The lowest BCUT2D eigenvalue weighted by Crippen LogP contribution is -2.00. The molecule has 0 aliphatic carbocycles. The zero-order valence-electron chi connectivity index (χ0n) is 26.7. The maximum Gasteiger partial charge on any atom is 0.164 e. The van der Waals surface area contributed by atoms with Gasteiger partial charge in [0.25, 0.3) is 0 Å². The van der Waals surface area contributed by atoms with E-state index in [1.54, 1.807) is 0 Å². The molecule has 0 bridgehead atoms.